The lowest BCUT2D eigenvalue weighted by Crippen LogP contribution is -2.38. The number of piperidine rings is 1. The smallest absolute Gasteiger partial charge is 0.132 e. The maximum Gasteiger partial charge on any atom is 0.132 e. The van der Waals surface area contributed by atoms with E-state index in [0.29, 0.717) is 0 Å². The van der Waals surface area contributed by atoms with Crippen molar-refractivity contribution in [1.29, 1.82) is 0 Å². The van der Waals surface area contributed by atoms with Crippen molar-refractivity contribution in [3.05, 3.63) is 17.6 Å². The minimum atomic E-state index is 0.745. The third-order valence-corrected chi connectivity index (χ3v) is 3.54. The molecule has 2 heterocycles. The monoisotopic (exact) mass is 248 g/mol. The zero-order valence-electron chi connectivity index (χ0n) is 11.7. The number of rotatable bonds is 4. The first-order chi connectivity index (χ1) is 8.69. The number of hydrogen-bond donors (Lipinski definition) is 1. The molecule has 18 heavy (non-hydrogen) atoms. The Hall–Kier alpha value is -1.16. The van der Waals surface area contributed by atoms with E-state index >= 15 is 0 Å². The zero-order valence-corrected chi connectivity index (χ0v) is 11.7. The van der Waals surface area contributed by atoms with Gasteiger partial charge in [-0.15, -0.1) is 0 Å². The van der Waals surface area contributed by atoms with E-state index in [2.05, 4.69) is 33.2 Å². The lowest BCUT2D eigenvalue weighted by atomic mass is 9.99. The van der Waals surface area contributed by atoms with E-state index in [4.69, 9.17) is 0 Å². The summed E-state index contributed by atoms with van der Waals surface area (Å²) in [7, 11) is 0. The van der Waals surface area contributed by atoms with E-state index in [-0.39, 0.29) is 0 Å². The van der Waals surface area contributed by atoms with E-state index < -0.39 is 0 Å². The Labute approximate surface area is 110 Å². The average molecular weight is 248 g/mol. The average Bonchev–Trinajstić information content (AvgIpc) is 2.36. The van der Waals surface area contributed by atoms with Crippen molar-refractivity contribution in [2.45, 2.75) is 33.6 Å². The summed E-state index contributed by atoms with van der Waals surface area (Å²) < 4.78 is 0. The van der Waals surface area contributed by atoms with Crippen molar-refractivity contribution in [3.8, 4) is 0 Å². The van der Waals surface area contributed by atoms with Crippen LogP contribution in [0.15, 0.2) is 6.07 Å². The van der Waals surface area contributed by atoms with Gasteiger partial charge in [0.2, 0.25) is 0 Å². The Morgan fingerprint density at radius 3 is 2.83 bits per heavy atom. The van der Waals surface area contributed by atoms with Crippen LogP contribution in [0.3, 0.4) is 0 Å². The molecule has 0 bridgehead atoms. The highest BCUT2D eigenvalue weighted by molar-refractivity contribution is 5.39. The van der Waals surface area contributed by atoms with Crippen LogP contribution >= 0.6 is 0 Å². The molecule has 4 nitrogen and oxygen atoms in total. The van der Waals surface area contributed by atoms with Gasteiger partial charge in [0, 0.05) is 24.8 Å². The van der Waals surface area contributed by atoms with Crippen LogP contribution in [-0.2, 0) is 0 Å². The van der Waals surface area contributed by atoms with Gasteiger partial charge >= 0.3 is 0 Å². The number of anilines is 1. The second-order valence-electron chi connectivity index (χ2n) is 5.17. The van der Waals surface area contributed by atoms with Crippen LogP contribution in [-0.4, -0.2) is 36.1 Å². The SMILES string of the molecule is CCN(CC1CCCNC1)c1cc(C)nc(C)n1. The van der Waals surface area contributed by atoms with Gasteiger partial charge in [-0.25, -0.2) is 9.97 Å². The van der Waals surface area contributed by atoms with Gasteiger partial charge in [-0.05, 0) is 52.6 Å². The highest BCUT2D eigenvalue weighted by Crippen LogP contribution is 2.17. The number of aromatic nitrogens is 2. The number of aryl methyl sites for hydroxylation is 2. The molecule has 1 N–H and O–H groups in total. The van der Waals surface area contributed by atoms with Crippen molar-refractivity contribution in [2.75, 3.05) is 31.1 Å². The summed E-state index contributed by atoms with van der Waals surface area (Å²) in [5, 5.41) is 3.48. The van der Waals surface area contributed by atoms with Crippen LogP contribution in [0, 0.1) is 19.8 Å². The normalized spacial score (nSPS) is 19.8. The van der Waals surface area contributed by atoms with Gasteiger partial charge in [-0.1, -0.05) is 0 Å². The minimum Gasteiger partial charge on any atom is -0.356 e. The summed E-state index contributed by atoms with van der Waals surface area (Å²) >= 11 is 0. The van der Waals surface area contributed by atoms with Crippen LogP contribution in [0.5, 0.6) is 0 Å². The van der Waals surface area contributed by atoms with Crippen LogP contribution < -0.4 is 10.2 Å². The van der Waals surface area contributed by atoms with Crippen LogP contribution in [0.1, 0.15) is 31.3 Å². The highest BCUT2D eigenvalue weighted by atomic mass is 15.2. The lowest BCUT2D eigenvalue weighted by Gasteiger charge is -2.30. The number of nitrogens with zero attached hydrogens (tertiary/aromatic N) is 3. The zero-order chi connectivity index (χ0) is 13.0. The van der Waals surface area contributed by atoms with Crippen LogP contribution in [0.4, 0.5) is 5.82 Å². The molecule has 1 aromatic rings. The van der Waals surface area contributed by atoms with E-state index in [1.807, 2.05) is 13.8 Å². The summed E-state index contributed by atoms with van der Waals surface area (Å²) in [4.78, 5) is 11.3. The molecule has 1 aromatic heterocycles. The third kappa shape index (κ3) is 3.42. The molecule has 1 unspecified atom stereocenters. The molecule has 1 aliphatic heterocycles. The van der Waals surface area contributed by atoms with Gasteiger partial charge in [0.05, 0.1) is 0 Å². The van der Waals surface area contributed by atoms with Crippen molar-refractivity contribution < 1.29 is 0 Å². The second kappa shape index (κ2) is 6.14. The minimum absolute atomic E-state index is 0.745. The molecule has 0 saturated carbocycles. The number of hydrogen-bond acceptors (Lipinski definition) is 4. The Morgan fingerprint density at radius 2 is 2.22 bits per heavy atom. The van der Waals surface area contributed by atoms with Crippen molar-refractivity contribution >= 4 is 5.82 Å². The molecule has 1 saturated heterocycles. The molecule has 100 valence electrons. The van der Waals surface area contributed by atoms with E-state index in [9.17, 15) is 0 Å². The molecule has 0 amide bonds. The maximum absolute atomic E-state index is 4.57. The fourth-order valence-corrected chi connectivity index (χ4v) is 2.64. The molecule has 0 aliphatic carbocycles. The number of nitrogens with one attached hydrogen (secondary N) is 1. The third-order valence-electron chi connectivity index (χ3n) is 3.54. The summed E-state index contributed by atoms with van der Waals surface area (Å²) in [5.41, 5.74) is 1.05. The van der Waals surface area contributed by atoms with E-state index in [1.165, 1.54) is 19.4 Å². The van der Waals surface area contributed by atoms with Crippen LogP contribution in [0.25, 0.3) is 0 Å². The van der Waals surface area contributed by atoms with Gasteiger partial charge in [0.1, 0.15) is 11.6 Å². The largest absolute Gasteiger partial charge is 0.356 e. The quantitative estimate of drug-likeness (QED) is 0.884. The highest BCUT2D eigenvalue weighted by Gasteiger charge is 2.17. The maximum atomic E-state index is 4.57. The summed E-state index contributed by atoms with van der Waals surface area (Å²) in [6.45, 7) is 10.6. The first-order valence-corrected chi connectivity index (χ1v) is 6.97. The van der Waals surface area contributed by atoms with Gasteiger partial charge in [0.15, 0.2) is 0 Å². The topological polar surface area (TPSA) is 41.0 Å². The predicted octanol–water partition coefficient (Wildman–Crippen LogP) is 1.92. The van der Waals surface area contributed by atoms with Gasteiger partial charge in [-0.2, -0.15) is 0 Å². The molecule has 1 aliphatic rings. The Morgan fingerprint density at radius 1 is 1.39 bits per heavy atom. The van der Waals surface area contributed by atoms with Crippen molar-refractivity contribution in [2.24, 2.45) is 5.92 Å². The predicted molar refractivity (Wildman–Crippen MR) is 75.0 cm³/mol. The molecule has 0 radical (unpaired) electrons. The Bertz CT molecular complexity index is 365. The fourth-order valence-electron chi connectivity index (χ4n) is 2.64. The second-order valence-corrected chi connectivity index (χ2v) is 5.17. The van der Waals surface area contributed by atoms with E-state index in [0.717, 1.165) is 42.9 Å². The van der Waals surface area contributed by atoms with Crippen LogP contribution in [0.2, 0.25) is 0 Å². The molecule has 0 aromatic carbocycles. The Balaban J connectivity index is 2.06. The molecule has 1 atom stereocenters. The fraction of sp³-hybridized carbons (Fsp3) is 0.714. The molecular formula is C14H24N4. The Kier molecular flexibility index (Phi) is 4.53. The van der Waals surface area contributed by atoms with Gasteiger partial charge in [0.25, 0.3) is 0 Å². The van der Waals surface area contributed by atoms with Crippen molar-refractivity contribution in [3.63, 3.8) is 0 Å². The molecule has 0 spiro atoms. The lowest BCUT2D eigenvalue weighted by molar-refractivity contribution is 0.377. The first kappa shape index (κ1) is 13.3. The van der Waals surface area contributed by atoms with E-state index in [1.54, 1.807) is 0 Å². The van der Waals surface area contributed by atoms with Gasteiger partial charge < -0.3 is 10.2 Å². The summed E-state index contributed by atoms with van der Waals surface area (Å²) in [5.74, 6) is 2.69. The standard InChI is InChI=1S/C14H24N4/c1-4-18(10-13-6-5-7-15-9-13)14-8-11(2)16-12(3)17-14/h8,13,15H,4-7,9-10H2,1-3H3. The summed E-state index contributed by atoms with van der Waals surface area (Å²) in [6.07, 6.45) is 2.62. The first-order valence-electron chi connectivity index (χ1n) is 6.97. The van der Waals surface area contributed by atoms with Crippen molar-refractivity contribution in [1.82, 2.24) is 15.3 Å². The summed E-state index contributed by atoms with van der Waals surface area (Å²) in [6, 6.07) is 2.09. The molecular weight excluding hydrogens is 224 g/mol. The van der Waals surface area contributed by atoms with Gasteiger partial charge in [-0.3, -0.25) is 0 Å². The molecule has 2 rings (SSSR count). The molecule has 4 heteroatoms. The molecule has 1 fully saturated rings.